The average molecular weight is 392 g/mol. The number of carbonyl (C=O) groups is 1. The number of carbonyl (C=O) groups excluding carboxylic acids is 1. The first-order valence-corrected chi connectivity index (χ1v) is 8.41. The maximum absolute atomic E-state index is 12.3. The summed E-state index contributed by atoms with van der Waals surface area (Å²) in [5.74, 6) is 0.771. The molecule has 6 nitrogen and oxygen atoms in total. The Balaban J connectivity index is 1.57. The van der Waals surface area contributed by atoms with Crippen LogP contribution in [0.5, 0.6) is 23.0 Å². The highest BCUT2D eigenvalue weighted by molar-refractivity contribution is 5.87. The third-order valence-electron chi connectivity index (χ3n) is 3.80. The number of hydrogen-bond donors (Lipinski definition) is 0. The average Bonchev–Trinajstić information content (AvgIpc) is 2.71. The molecule has 0 bridgehead atoms. The van der Waals surface area contributed by atoms with Crippen LogP contribution >= 0.6 is 0 Å². The molecule has 1 aliphatic rings. The fourth-order valence-corrected chi connectivity index (χ4v) is 2.53. The van der Waals surface area contributed by atoms with Gasteiger partial charge in [0.05, 0.1) is 7.11 Å². The summed E-state index contributed by atoms with van der Waals surface area (Å²) in [6.07, 6.45) is 2.89. The molecule has 0 saturated heterocycles. The molecule has 0 fully saturated rings. The molecule has 0 N–H and O–H groups in total. The van der Waals surface area contributed by atoms with E-state index in [-0.39, 0.29) is 18.1 Å². The third-order valence-corrected chi connectivity index (χ3v) is 3.80. The Labute approximate surface area is 160 Å². The highest BCUT2D eigenvalue weighted by Crippen LogP contribution is 2.31. The van der Waals surface area contributed by atoms with E-state index in [9.17, 15) is 13.6 Å². The Hall–Kier alpha value is -3.29. The van der Waals surface area contributed by atoms with Crippen LogP contribution < -0.4 is 18.9 Å². The Morgan fingerprint density at radius 1 is 1.11 bits per heavy atom. The topological polar surface area (TPSA) is 63.2 Å². The van der Waals surface area contributed by atoms with Gasteiger partial charge < -0.3 is 23.7 Å². The van der Waals surface area contributed by atoms with Crippen LogP contribution in [0.2, 0.25) is 0 Å². The largest absolute Gasteiger partial charge is 0.493 e. The molecule has 1 aliphatic heterocycles. The fourth-order valence-electron chi connectivity index (χ4n) is 2.53. The zero-order chi connectivity index (χ0) is 19.9. The van der Waals surface area contributed by atoms with Crippen LogP contribution in [0, 0.1) is 0 Å². The maximum Gasteiger partial charge on any atom is 0.387 e. The van der Waals surface area contributed by atoms with Crippen molar-refractivity contribution in [3.8, 4) is 23.0 Å². The highest BCUT2D eigenvalue weighted by Gasteiger charge is 2.12. The highest BCUT2D eigenvalue weighted by atomic mass is 19.3. The van der Waals surface area contributed by atoms with E-state index < -0.39 is 12.6 Å². The predicted molar refractivity (Wildman–Crippen MR) is 95.9 cm³/mol. The lowest BCUT2D eigenvalue weighted by Gasteiger charge is -2.18. The van der Waals surface area contributed by atoms with Crippen molar-refractivity contribution < 1.29 is 37.3 Å². The number of esters is 1. The zero-order valence-corrected chi connectivity index (χ0v) is 15.0. The van der Waals surface area contributed by atoms with Gasteiger partial charge in [-0.25, -0.2) is 4.79 Å². The molecule has 2 aromatic rings. The summed E-state index contributed by atoms with van der Waals surface area (Å²) in [6, 6.07) is 9.65. The Bertz CT molecular complexity index is 866. The SMILES string of the molecule is COc1cc(COC(=O)C=Cc2ccc3c(c2)OCCO3)ccc1OC(F)F. The lowest BCUT2D eigenvalue weighted by molar-refractivity contribution is -0.138. The first-order chi connectivity index (χ1) is 13.5. The first kappa shape index (κ1) is 19.5. The Morgan fingerprint density at radius 3 is 2.64 bits per heavy atom. The maximum atomic E-state index is 12.3. The van der Waals surface area contributed by atoms with Gasteiger partial charge in [0.25, 0.3) is 0 Å². The van der Waals surface area contributed by atoms with Gasteiger partial charge in [0, 0.05) is 6.08 Å². The lowest BCUT2D eigenvalue weighted by Crippen LogP contribution is -2.15. The molecule has 28 heavy (non-hydrogen) atoms. The normalized spacial score (nSPS) is 12.9. The summed E-state index contributed by atoms with van der Waals surface area (Å²) in [4.78, 5) is 11.9. The number of hydrogen-bond acceptors (Lipinski definition) is 6. The van der Waals surface area contributed by atoms with Crippen molar-refractivity contribution in [2.75, 3.05) is 20.3 Å². The Kier molecular flexibility index (Phi) is 6.31. The van der Waals surface area contributed by atoms with Crippen LogP contribution in [0.3, 0.4) is 0 Å². The lowest BCUT2D eigenvalue weighted by atomic mass is 10.2. The van der Waals surface area contributed by atoms with Crippen molar-refractivity contribution in [1.82, 2.24) is 0 Å². The van der Waals surface area contributed by atoms with Crippen molar-refractivity contribution in [3.63, 3.8) is 0 Å². The second-order valence-corrected chi connectivity index (χ2v) is 5.71. The molecule has 0 radical (unpaired) electrons. The minimum Gasteiger partial charge on any atom is -0.493 e. The standard InChI is InChI=1S/C20H18F2O6/c1-24-17-11-14(3-6-16(17)28-20(21)22)12-27-19(23)7-4-13-2-5-15-18(10-13)26-9-8-25-15/h2-7,10-11,20H,8-9,12H2,1H3. The van der Waals surface area contributed by atoms with Crippen molar-refractivity contribution in [2.24, 2.45) is 0 Å². The monoisotopic (exact) mass is 392 g/mol. The zero-order valence-electron chi connectivity index (χ0n) is 15.0. The van der Waals surface area contributed by atoms with Crippen molar-refractivity contribution in [2.45, 2.75) is 13.2 Å². The van der Waals surface area contributed by atoms with Crippen LogP contribution in [0.25, 0.3) is 6.08 Å². The van der Waals surface area contributed by atoms with Gasteiger partial charge in [-0.15, -0.1) is 0 Å². The summed E-state index contributed by atoms with van der Waals surface area (Å²) < 4.78 is 50.1. The molecule has 0 atom stereocenters. The van der Waals surface area contributed by atoms with Crippen molar-refractivity contribution in [3.05, 3.63) is 53.6 Å². The Morgan fingerprint density at radius 2 is 1.89 bits per heavy atom. The van der Waals surface area contributed by atoms with E-state index in [1.165, 1.54) is 31.4 Å². The number of halogens is 2. The van der Waals surface area contributed by atoms with Gasteiger partial charge in [-0.2, -0.15) is 8.78 Å². The molecular weight excluding hydrogens is 374 g/mol. The van der Waals surface area contributed by atoms with E-state index in [0.717, 1.165) is 5.56 Å². The number of methoxy groups -OCH3 is 1. The van der Waals surface area contributed by atoms with E-state index in [2.05, 4.69) is 4.74 Å². The summed E-state index contributed by atoms with van der Waals surface area (Å²) in [6.45, 7) is -2.01. The second kappa shape index (κ2) is 9.07. The number of fused-ring (bicyclic) bond motifs is 1. The molecule has 148 valence electrons. The summed E-state index contributed by atoms with van der Waals surface area (Å²) in [5, 5.41) is 0. The molecule has 0 saturated carbocycles. The van der Waals surface area contributed by atoms with E-state index in [1.807, 2.05) is 0 Å². The van der Waals surface area contributed by atoms with Gasteiger partial charge >= 0.3 is 12.6 Å². The number of rotatable bonds is 7. The summed E-state index contributed by atoms with van der Waals surface area (Å²) >= 11 is 0. The third kappa shape index (κ3) is 5.12. The van der Waals surface area contributed by atoms with Crippen LogP contribution in [0.1, 0.15) is 11.1 Å². The first-order valence-electron chi connectivity index (χ1n) is 8.41. The van der Waals surface area contributed by atoms with E-state index in [0.29, 0.717) is 30.3 Å². The fraction of sp³-hybridized carbons (Fsp3) is 0.250. The predicted octanol–water partition coefficient (Wildman–Crippen LogP) is 3.82. The number of alkyl halides is 2. The molecule has 0 spiro atoms. The smallest absolute Gasteiger partial charge is 0.387 e. The molecule has 0 amide bonds. The van der Waals surface area contributed by atoms with Crippen LogP contribution in [0.15, 0.2) is 42.5 Å². The number of ether oxygens (including phenoxy) is 5. The van der Waals surface area contributed by atoms with E-state index in [1.54, 1.807) is 24.3 Å². The molecule has 2 aromatic carbocycles. The van der Waals surface area contributed by atoms with Gasteiger partial charge in [0.2, 0.25) is 0 Å². The quantitative estimate of drug-likeness (QED) is 0.527. The molecule has 3 rings (SSSR count). The number of benzene rings is 2. The van der Waals surface area contributed by atoms with Gasteiger partial charge in [0.1, 0.15) is 19.8 Å². The van der Waals surface area contributed by atoms with Crippen LogP contribution in [0.4, 0.5) is 8.78 Å². The minimum absolute atomic E-state index is 0.0460. The van der Waals surface area contributed by atoms with Crippen molar-refractivity contribution in [1.29, 1.82) is 0 Å². The van der Waals surface area contributed by atoms with Gasteiger partial charge in [-0.1, -0.05) is 12.1 Å². The van der Waals surface area contributed by atoms with E-state index in [4.69, 9.17) is 18.9 Å². The van der Waals surface area contributed by atoms with Crippen molar-refractivity contribution >= 4 is 12.0 Å². The second-order valence-electron chi connectivity index (χ2n) is 5.71. The van der Waals surface area contributed by atoms with Gasteiger partial charge in [0.15, 0.2) is 23.0 Å². The van der Waals surface area contributed by atoms with Gasteiger partial charge in [-0.05, 0) is 41.5 Å². The minimum atomic E-state index is -2.96. The summed E-state index contributed by atoms with van der Waals surface area (Å²) in [7, 11) is 1.33. The molecular formula is C20H18F2O6. The van der Waals surface area contributed by atoms with Crippen LogP contribution in [-0.2, 0) is 16.1 Å². The molecule has 0 aromatic heterocycles. The molecule has 1 heterocycles. The summed E-state index contributed by atoms with van der Waals surface area (Å²) in [5.41, 5.74) is 1.33. The van der Waals surface area contributed by atoms with Gasteiger partial charge in [-0.3, -0.25) is 0 Å². The molecule has 0 unspecified atom stereocenters. The van der Waals surface area contributed by atoms with E-state index >= 15 is 0 Å². The molecule has 8 heteroatoms. The van der Waals surface area contributed by atoms with Crippen LogP contribution in [-0.4, -0.2) is 32.9 Å². The molecule has 0 aliphatic carbocycles.